The van der Waals surface area contributed by atoms with Gasteiger partial charge in [-0.2, -0.15) is 5.10 Å². The highest BCUT2D eigenvalue weighted by atomic mass is 35.5. The van der Waals surface area contributed by atoms with E-state index >= 15 is 0 Å². The predicted molar refractivity (Wildman–Crippen MR) is 39.6 cm³/mol. The zero-order chi connectivity index (χ0) is 8.43. The smallest absolute Gasteiger partial charge is 0.307 e. The highest BCUT2D eigenvalue weighted by molar-refractivity contribution is 6.30. The van der Waals surface area contributed by atoms with Gasteiger partial charge in [-0.25, -0.2) is 0 Å². The molecular weight excluding hydrogens is 168 g/mol. The second-order valence-electron chi connectivity index (χ2n) is 2.15. The molecule has 0 aliphatic carbocycles. The SMILES string of the molecule is Cn1ncc(CC(=O)O)c1Cl. The molecule has 1 rings (SSSR count). The van der Waals surface area contributed by atoms with Gasteiger partial charge in [0, 0.05) is 12.6 Å². The van der Waals surface area contributed by atoms with Crippen LogP contribution in [0.3, 0.4) is 0 Å². The van der Waals surface area contributed by atoms with Crippen molar-refractivity contribution in [3.63, 3.8) is 0 Å². The summed E-state index contributed by atoms with van der Waals surface area (Å²) in [5, 5.41) is 12.6. The van der Waals surface area contributed by atoms with E-state index in [1.54, 1.807) is 7.05 Å². The van der Waals surface area contributed by atoms with Gasteiger partial charge < -0.3 is 5.11 Å². The molecule has 1 heterocycles. The first-order valence-corrected chi connectivity index (χ1v) is 3.37. The topological polar surface area (TPSA) is 55.1 Å². The Balaban J connectivity index is 2.87. The zero-order valence-electron chi connectivity index (χ0n) is 5.91. The van der Waals surface area contributed by atoms with Crippen LogP contribution in [-0.2, 0) is 18.3 Å². The number of aliphatic carboxylic acids is 1. The van der Waals surface area contributed by atoms with Gasteiger partial charge >= 0.3 is 5.97 Å². The van der Waals surface area contributed by atoms with Crippen molar-refractivity contribution in [2.24, 2.45) is 7.05 Å². The van der Waals surface area contributed by atoms with E-state index in [4.69, 9.17) is 16.7 Å². The highest BCUT2D eigenvalue weighted by Gasteiger charge is 2.08. The summed E-state index contributed by atoms with van der Waals surface area (Å²) in [5.74, 6) is -0.903. The maximum absolute atomic E-state index is 10.2. The molecule has 0 aliphatic heterocycles. The number of rotatable bonds is 2. The van der Waals surface area contributed by atoms with Crippen LogP contribution in [0.4, 0.5) is 0 Å². The first-order chi connectivity index (χ1) is 5.11. The lowest BCUT2D eigenvalue weighted by Crippen LogP contribution is -1.99. The maximum atomic E-state index is 10.2. The van der Waals surface area contributed by atoms with Crippen LogP contribution in [0.15, 0.2) is 6.20 Å². The van der Waals surface area contributed by atoms with Crippen molar-refractivity contribution in [1.82, 2.24) is 9.78 Å². The average molecular weight is 175 g/mol. The van der Waals surface area contributed by atoms with Crippen molar-refractivity contribution >= 4 is 17.6 Å². The number of aryl methyl sites for hydroxylation is 1. The van der Waals surface area contributed by atoms with Crippen LogP contribution in [0, 0.1) is 0 Å². The van der Waals surface area contributed by atoms with Crippen molar-refractivity contribution in [3.05, 3.63) is 16.9 Å². The monoisotopic (exact) mass is 174 g/mol. The third-order valence-electron chi connectivity index (χ3n) is 1.28. The molecule has 0 saturated heterocycles. The van der Waals surface area contributed by atoms with E-state index in [0.717, 1.165) is 0 Å². The Labute approximate surface area is 68.4 Å². The molecular formula is C6H7ClN2O2. The Morgan fingerprint density at radius 3 is 2.91 bits per heavy atom. The number of carbonyl (C=O) groups is 1. The van der Waals surface area contributed by atoms with Crippen LogP contribution < -0.4 is 0 Å². The lowest BCUT2D eigenvalue weighted by atomic mass is 10.3. The van der Waals surface area contributed by atoms with Gasteiger partial charge in [-0.15, -0.1) is 0 Å². The lowest BCUT2D eigenvalue weighted by Gasteiger charge is -1.92. The van der Waals surface area contributed by atoms with E-state index < -0.39 is 5.97 Å². The van der Waals surface area contributed by atoms with Gasteiger partial charge in [-0.05, 0) is 0 Å². The van der Waals surface area contributed by atoms with Gasteiger partial charge in [-0.1, -0.05) is 11.6 Å². The van der Waals surface area contributed by atoms with Crippen LogP contribution in [0.1, 0.15) is 5.56 Å². The molecule has 0 spiro atoms. The van der Waals surface area contributed by atoms with Crippen molar-refractivity contribution in [2.75, 3.05) is 0 Å². The largest absolute Gasteiger partial charge is 0.481 e. The summed E-state index contributed by atoms with van der Waals surface area (Å²) >= 11 is 5.69. The minimum Gasteiger partial charge on any atom is -0.481 e. The Bertz CT molecular complexity index is 282. The molecule has 0 fully saturated rings. The molecule has 1 aromatic rings. The van der Waals surface area contributed by atoms with Crippen LogP contribution in [-0.4, -0.2) is 20.9 Å². The van der Waals surface area contributed by atoms with Crippen LogP contribution in [0.5, 0.6) is 0 Å². The van der Waals surface area contributed by atoms with Crippen molar-refractivity contribution in [2.45, 2.75) is 6.42 Å². The normalized spacial score (nSPS) is 10.0. The van der Waals surface area contributed by atoms with Crippen molar-refractivity contribution < 1.29 is 9.90 Å². The minimum absolute atomic E-state index is 0.0767. The Hall–Kier alpha value is -1.03. The molecule has 1 N–H and O–H groups in total. The summed E-state index contributed by atoms with van der Waals surface area (Å²) in [6.07, 6.45) is 1.38. The lowest BCUT2D eigenvalue weighted by molar-refractivity contribution is -0.136. The molecule has 5 heteroatoms. The fourth-order valence-electron chi connectivity index (χ4n) is 0.750. The second kappa shape index (κ2) is 2.92. The van der Waals surface area contributed by atoms with E-state index in [0.29, 0.717) is 10.7 Å². The summed E-state index contributed by atoms with van der Waals surface area (Å²) in [6.45, 7) is 0. The van der Waals surface area contributed by atoms with Gasteiger partial charge in [0.15, 0.2) is 0 Å². The first kappa shape index (κ1) is 8.07. The Morgan fingerprint density at radius 1 is 1.91 bits per heavy atom. The molecule has 0 bridgehead atoms. The summed E-state index contributed by atoms with van der Waals surface area (Å²) in [5.41, 5.74) is 0.543. The predicted octanol–water partition coefficient (Wildman–Crippen LogP) is 0.701. The fourth-order valence-corrected chi connectivity index (χ4v) is 0.909. The molecule has 4 nitrogen and oxygen atoms in total. The summed E-state index contributed by atoms with van der Waals surface area (Å²) in [6, 6.07) is 0. The van der Waals surface area contributed by atoms with Gasteiger partial charge in [0.05, 0.1) is 12.6 Å². The number of hydrogen-bond donors (Lipinski definition) is 1. The van der Waals surface area contributed by atoms with Gasteiger partial charge in [-0.3, -0.25) is 9.48 Å². The molecule has 0 aromatic carbocycles. The van der Waals surface area contributed by atoms with E-state index in [1.165, 1.54) is 10.9 Å². The number of nitrogens with zero attached hydrogens (tertiary/aromatic N) is 2. The van der Waals surface area contributed by atoms with E-state index in [2.05, 4.69) is 5.10 Å². The van der Waals surface area contributed by atoms with Crippen LogP contribution >= 0.6 is 11.6 Å². The zero-order valence-corrected chi connectivity index (χ0v) is 6.67. The molecule has 60 valence electrons. The van der Waals surface area contributed by atoms with Crippen LogP contribution in [0.25, 0.3) is 0 Å². The fraction of sp³-hybridized carbons (Fsp3) is 0.333. The Kier molecular flexibility index (Phi) is 2.14. The third-order valence-corrected chi connectivity index (χ3v) is 1.76. The Morgan fingerprint density at radius 2 is 2.55 bits per heavy atom. The number of carboxylic acid groups (broad SMARTS) is 1. The molecule has 11 heavy (non-hydrogen) atoms. The highest BCUT2D eigenvalue weighted by Crippen LogP contribution is 2.13. The summed E-state index contributed by atoms with van der Waals surface area (Å²) in [7, 11) is 1.66. The minimum atomic E-state index is -0.903. The molecule has 1 aromatic heterocycles. The van der Waals surface area contributed by atoms with E-state index in [9.17, 15) is 4.79 Å². The van der Waals surface area contributed by atoms with Crippen LogP contribution in [0.2, 0.25) is 5.15 Å². The number of halogens is 1. The molecule has 0 atom stereocenters. The quantitative estimate of drug-likeness (QED) is 0.718. The molecule has 0 aliphatic rings. The van der Waals surface area contributed by atoms with Gasteiger partial charge in [0.25, 0.3) is 0 Å². The molecule has 0 saturated carbocycles. The van der Waals surface area contributed by atoms with Gasteiger partial charge in [0.2, 0.25) is 0 Å². The summed E-state index contributed by atoms with van der Waals surface area (Å²) in [4.78, 5) is 10.2. The van der Waals surface area contributed by atoms with E-state index in [1.807, 2.05) is 0 Å². The molecule has 0 amide bonds. The third kappa shape index (κ3) is 1.71. The number of carboxylic acids is 1. The second-order valence-corrected chi connectivity index (χ2v) is 2.51. The summed E-state index contributed by atoms with van der Waals surface area (Å²) < 4.78 is 1.43. The van der Waals surface area contributed by atoms with Crippen molar-refractivity contribution in [3.8, 4) is 0 Å². The molecule has 0 unspecified atom stereocenters. The maximum Gasteiger partial charge on any atom is 0.307 e. The molecule has 0 radical (unpaired) electrons. The van der Waals surface area contributed by atoms with Crippen molar-refractivity contribution in [1.29, 1.82) is 0 Å². The standard InChI is InChI=1S/C6H7ClN2O2/c1-9-6(7)4(3-8-9)2-5(10)11/h3H,2H2,1H3,(H,10,11). The number of aromatic nitrogens is 2. The van der Waals surface area contributed by atoms with Gasteiger partial charge in [0.1, 0.15) is 5.15 Å². The van der Waals surface area contributed by atoms with E-state index in [-0.39, 0.29) is 6.42 Å². The number of hydrogen-bond acceptors (Lipinski definition) is 2. The first-order valence-electron chi connectivity index (χ1n) is 2.99. The average Bonchev–Trinajstić information content (AvgIpc) is 2.18.